The number of fused-ring (bicyclic) bond motifs is 2. The van der Waals surface area contributed by atoms with Gasteiger partial charge in [0.25, 0.3) is 0 Å². The minimum absolute atomic E-state index is 0.0369. The van der Waals surface area contributed by atoms with Gasteiger partial charge in [-0.05, 0) is 62.9 Å². The second-order valence-corrected chi connectivity index (χ2v) is 7.75. The maximum atomic E-state index is 13.6. The Morgan fingerprint density at radius 1 is 0.929 bits per heavy atom. The molecule has 154 valence electrons. The molecule has 2 aliphatic heterocycles. The molecule has 0 aliphatic carbocycles. The number of aromatic nitrogens is 2. The standard InChI is InChI=1S/C19H21F6N3/c20-18(21,22)13-6-7-16-14(10-13)26-17(19(23,24)25)28(16)11-12-4-3-9-27-8-2-1-5-15(12)27/h6-7,10,12,15H,1-5,8-9,11H2/t12-,15+/m0/s1. The van der Waals surface area contributed by atoms with Crippen LogP contribution in [0.15, 0.2) is 18.2 Å². The number of imidazole rings is 1. The van der Waals surface area contributed by atoms with Crippen LogP contribution in [0.1, 0.15) is 43.5 Å². The summed E-state index contributed by atoms with van der Waals surface area (Å²) in [6.07, 6.45) is -4.49. The summed E-state index contributed by atoms with van der Waals surface area (Å²) in [5.41, 5.74) is -1.15. The first-order valence-electron chi connectivity index (χ1n) is 9.53. The smallest absolute Gasteiger partial charge is 0.320 e. The van der Waals surface area contributed by atoms with Crippen molar-refractivity contribution in [3.63, 3.8) is 0 Å². The van der Waals surface area contributed by atoms with Crippen LogP contribution in [0.2, 0.25) is 0 Å². The summed E-state index contributed by atoms with van der Waals surface area (Å²) in [7, 11) is 0. The summed E-state index contributed by atoms with van der Waals surface area (Å²) in [4.78, 5) is 5.90. The van der Waals surface area contributed by atoms with Crippen LogP contribution >= 0.6 is 0 Å². The van der Waals surface area contributed by atoms with E-state index in [-0.39, 0.29) is 29.5 Å². The van der Waals surface area contributed by atoms with Crippen LogP contribution in [0.25, 0.3) is 11.0 Å². The number of halogens is 6. The lowest BCUT2D eigenvalue weighted by molar-refractivity contribution is -0.147. The van der Waals surface area contributed by atoms with Crippen LogP contribution < -0.4 is 0 Å². The predicted molar refractivity (Wildman–Crippen MR) is 91.7 cm³/mol. The van der Waals surface area contributed by atoms with Gasteiger partial charge in [-0.25, -0.2) is 4.98 Å². The molecule has 3 heterocycles. The molecule has 9 heteroatoms. The maximum absolute atomic E-state index is 13.6. The molecule has 1 aromatic carbocycles. The molecule has 2 atom stereocenters. The number of hydrogen-bond donors (Lipinski definition) is 0. The van der Waals surface area contributed by atoms with Gasteiger partial charge in [0.15, 0.2) is 0 Å². The van der Waals surface area contributed by atoms with E-state index >= 15 is 0 Å². The minimum atomic E-state index is -4.72. The van der Waals surface area contributed by atoms with Crippen molar-refractivity contribution in [1.29, 1.82) is 0 Å². The van der Waals surface area contributed by atoms with Gasteiger partial charge < -0.3 is 9.47 Å². The van der Waals surface area contributed by atoms with Crippen molar-refractivity contribution in [1.82, 2.24) is 14.5 Å². The number of alkyl halides is 6. The second-order valence-electron chi connectivity index (χ2n) is 7.75. The maximum Gasteiger partial charge on any atom is 0.449 e. The van der Waals surface area contributed by atoms with Crippen LogP contribution in [-0.4, -0.2) is 33.6 Å². The van der Waals surface area contributed by atoms with Crippen LogP contribution in [0.5, 0.6) is 0 Å². The Morgan fingerprint density at radius 3 is 2.39 bits per heavy atom. The highest BCUT2D eigenvalue weighted by Crippen LogP contribution is 2.38. The van der Waals surface area contributed by atoms with Crippen molar-refractivity contribution in [3.05, 3.63) is 29.6 Å². The van der Waals surface area contributed by atoms with E-state index in [0.29, 0.717) is 6.07 Å². The highest BCUT2D eigenvalue weighted by molar-refractivity contribution is 5.77. The Labute approximate surface area is 158 Å². The van der Waals surface area contributed by atoms with Crippen LogP contribution in [0, 0.1) is 5.92 Å². The van der Waals surface area contributed by atoms with E-state index < -0.39 is 23.7 Å². The third kappa shape index (κ3) is 3.60. The van der Waals surface area contributed by atoms with Crippen molar-refractivity contribution < 1.29 is 26.3 Å². The van der Waals surface area contributed by atoms with Crippen molar-refractivity contribution >= 4 is 11.0 Å². The van der Waals surface area contributed by atoms with Gasteiger partial charge in [0.05, 0.1) is 16.6 Å². The van der Waals surface area contributed by atoms with Gasteiger partial charge in [0.1, 0.15) is 0 Å². The van der Waals surface area contributed by atoms with Gasteiger partial charge >= 0.3 is 12.4 Å². The quantitative estimate of drug-likeness (QED) is 0.629. The number of nitrogens with zero attached hydrogens (tertiary/aromatic N) is 3. The Kier molecular flexibility index (Phi) is 4.84. The molecule has 28 heavy (non-hydrogen) atoms. The third-order valence-corrected chi connectivity index (χ3v) is 5.97. The van der Waals surface area contributed by atoms with Crippen molar-refractivity contribution in [3.8, 4) is 0 Å². The first kappa shape index (κ1) is 19.5. The van der Waals surface area contributed by atoms with Crippen molar-refractivity contribution in [2.45, 2.75) is 57.0 Å². The van der Waals surface area contributed by atoms with Gasteiger partial charge in [0, 0.05) is 12.6 Å². The minimum Gasteiger partial charge on any atom is -0.320 e. The third-order valence-electron chi connectivity index (χ3n) is 5.97. The number of rotatable bonds is 2. The molecule has 0 amide bonds. The fourth-order valence-corrected chi connectivity index (χ4v) is 4.73. The number of benzene rings is 1. The molecule has 1 aromatic heterocycles. The molecule has 2 fully saturated rings. The Hall–Kier alpha value is -1.77. The van der Waals surface area contributed by atoms with Crippen LogP contribution in [0.4, 0.5) is 26.3 Å². The predicted octanol–water partition coefficient (Wildman–Crippen LogP) is 5.34. The van der Waals surface area contributed by atoms with Crippen LogP contribution in [-0.2, 0) is 18.9 Å². The van der Waals surface area contributed by atoms with E-state index in [9.17, 15) is 26.3 Å². The molecule has 0 unspecified atom stereocenters. The summed E-state index contributed by atoms with van der Waals surface area (Å²) >= 11 is 0. The number of hydrogen-bond acceptors (Lipinski definition) is 2. The largest absolute Gasteiger partial charge is 0.449 e. The molecular weight excluding hydrogens is 384 g/mol. The fourth-order valence-electron chi connectivity index (χ4n) is 4.73. The van der Waals surface area contributed by atoms with Gasteiger partial charge in [-0.1, -0.05) is 6.42 Å². The second kappa shape index (κ2) is 6.93. The molecule has 0 spiro atoms. The SMILES string of the molecule is FC(F)(F)c1ccc2c(c1)nc(C(F)(F)F)n2C[C@@H]1CCCN2CCCC[C@H]12. The number of piperidine rings is 2. The Bertz CT molecular complexity index is 852. The summed E-state index contributed by atoms with van der Waals surface area (Å²) < 4.78 is 80.7. The molecule has 2 saturated heterocycles. The van der Waals surface area contributed by atoms with E-state index in [0.717, 1.165) is 61.9 Å². The van der Waals surface area contributed by atoms with Crippen molar-refractivity contribution in [2.24, 2.45) is 5.92 Å². The lowest BCUT2D eigenvalue weighted by atomic mass is 9.83. The van der Waals surface area contributed by atoms with Gasteiger partial charge in [-0.3, -0.25) is 0 Å². The monoisotopic (exact) mass is 405 g/mol. The normalized spacial score (nSPS) is 24.5. The van der Waals surface area contributed by atoms with E-state index in [1.54, 1.807) is 0 Å². The fraction of sp³-hybridized carbons (Fsp3) is 0.632. The zero-order chi connectivity index (χ0) is 20.1. The van der Waals surface area contributed by atoms with Crippen molar-refractivity contribution in [2.75, 3.05) is 13.1 Å². The highest BCUT2D eigenvalue weighted by Gasteiger charge is 2.40. The van der Waals surface area contributed by atoms with E-state index in [1.165, 1.54) is 0 Å². The first-order chi connectivity index (χ1) is 13.1. The summed E-state index contributed by atoms with van der Waals surface area (Å²) in [6.45, 7) is 2.05. The molecule has 0 saturated carbocycles. The topological polar surface area (TPSA) is 21.1 Å². The highest BCUT2D eigenvalue weighted by atomic mass is 19.4. The summed E-state index contributed by atoms with van der Waals surface area (Å²) in [6, 6.07) is 2.88. The molecular formula is C19H21F6N3. The first-order valence-corrected chi connectivity index (χ1v) is 9.53. The van der Waals surface area contributed by atoms with Gasteiger partial charge in [0.2, 0.25) is 5.82 Å². The lowest BCUT2D eigenvalue weighted by Crippen LogP contribution is -2.49. The summed E-state index contributed by atoms with van der Waals surface area (Å²) in [5.74, 6) is -1.08. The zero-order valence-electron chi connectivity index (χ0n) is 15.2. The zero-order valence-corrected chi connectivity index (χ0v) is 15.2. The van der Waals surface area contributed by atoms with Gasteiger partial charge in [-0.15, -0.1) is 0 Å². The average molecular weight is 405 g/mol. The molecule has 2 aliphatic rings. The molecule has 0 N–H and O–H groups in total. The van der Waals surface area contributed by atoms with Crippen LogP contribution in [0.3, 0.4) is 0 Å². The van der Waals surface area contributed by atoms with E-state index in [4.69, 9.17) is 0 Å². The molecule has 0 radical (unpaired) electrons. The van der Waals surface area contributed by atoms with E-state index in [1.807, 2.05) is 0 Å². The molecule has 3 nitrogen and oxygen atoms in total. The molecule has 4 rings (SSSR count). The average Bonchev–Trinajstić information content (AvgIpc) is 3.00. The Morgan fingerprint density at radius 2 is 1.68 bits per heavy atom. The Balaban J connectivity index is 1.74. The van der Waals surface area contributed by atoms with Gasteiger partial charge in [-0.2, -0.15) is 26.3 Å². The van der Waals surface area contributed by atoms with E-state index in [2.05, 4.69) is 9.88 Å². The lowest BCUT2D eigenvalue weighted by Gasteiger charge is -2.44. The summed E-state index contributed by atoms with van der Waals surface area (Å²) in [5, 5.41) is 0. The molecule has 0 bridgehead atoms. The molecule has 2 aromatic rings.